The van der Waals surface area contributed by atoms with Gasteiger partial charge in [0.15, 0.2) is 6.29 Å². The molecule has 0 aromatic rings. The van der Waals surface area contributed by atoms with E-state index in [0.29, 0.717) is 0 Å². The number of carboxylic acids is 2. The molecule has 1 heterocycles. The quantitative estimate of drug-likeness (QED) is 0.0882. The van der Waals surface area contributed by atoms with Crippen LogP contribution in [0, 0.1) is 0 Å². The number of aliphatic hydroxyl groups excluding tert-OH is 13. The number of aliphatic carboxylic acids is 2. The van der Waals surface area contributed by atoms with Crippen LogP contribution in [0.15, 0.2) is 0 Å². The van der Waals surface area contributed by atoms with Crippen molar-refractivity contribution in [2.75, 3.05) is 19.8 Å². The number of carboxylic acid groups (broad SMARTS) is 2. The molecule has 0 spiro atoms. The van der Waals surface area contributed by atoms with Gasteiger partial charge in [-0.1, -0.05) is 0 Å². The van der Waals surface area contributed by atoms with E-state index < -0.39 is 111 Å². The van der Waals surface area contributed by atoms with Crippen LogP contribution in [0.2, 0.25) is 0 Å². The van der Waals surface area contributed by atoms with Gasteiger partial charge in [0.2, 0.25) is 0 Å². The van der Waals surface area contributed by atoms with Crippen LogP contribution in [0.4, 0.5) is 0 Å². The molecule has 38 heavy (non-hydrogen) atoms. The molecule has 220 valence electrons. The molecule has 8 unspecified atom stereocenters. The number of rotatable bonds is 13. The molecule has 1 aliphatic rings. The number of hydrogen-bond donors (Lipinski definition) is 13. The van der Waals surface area contributed by atoms with Crippen molar-refractivity contribution in [3.63, 3.8) is 0 Å². The largest absolute Gasteiger partial charge is 2.00 e. The Labute approximate surface area is 244 Å². The van der Waals surface area contributed by atoms with Gasteiger partial charge < -0.3 is 95.7 Å². The van der Waals surface area contributed by atoms with Crippen molar-refractivity contribution < 1.29 is 95.7 Å². The van der Waals surface area contributed by atoms with Gasteiger partial charge in [-0.05, 0) is 0 Å². The summed E-state index contributed by atoms with van der Waals surface area (Å²) in [5.41, 5.74) is 0. The average Bonchev–Trinajstić information content (AvgIpc) is 2.88. The zero-order valence-electron chi connectivity index (χ0n) is 19.6. The first-order valence-corrected chi connectivity index (χ1v) is 10.4. The minimum atomic E-state index is -2.50. The molecule has 0 aliphatic carbocycles. The second kappa shape index (κ2) is 18.9. The average molecular weight is 593 g/mol. The molecule has 0 saturated carbocycles. The molecule has 13 atom stereocenters. The van der Waals surface area contributed by atoms with Crippen LogP contribution in [0.1, 0.15) is 0 Å². The third-order valence-electron chi connectivity index (χ3n) is 5.10. The predicted molar refractivity (Wildman–Crippen MR) is 111 cm³/mol. The zero-order chi connectivity index (χ0) is 29.2. The molecule has 20 heteroatoms. The van der Waals surface area contributed by atoms with Crippen LogP contribution in [0.3, 0.4) is 0 Å². The first-order valence-electron chi connectivity index (χ1n) is 10.4. The number of carbonyl (C=O) groups is 2. The summed E-state index contributed by atoms with van der Waals surface area (Å²) in [4.78, 5) is 20.6. The summed E-state index contributed by atoms with van der Waals surface area (Å²) in [5.74, 6) is -4.06. The van der Waals surface area contributed by atoms with Gasteiger partial charge in [0, 0.05) is 0 Å². The maximum Gasteiger partial charge on any atom is 2.00 e. The molecule has 13 N–H and O–H groups in total. The Morgan fingerprint density at radius 3 is 1.55 bits per heavy atom. The van der Waals surface area contributed by atoms with Crippen LogP contribution in [-0.2, 0) is 19.1 Å². The Morgan fingerprint density at radius 1 is 0.711 bits per heavy atom. The molecule has 1 rings (SSSR count). The maximum atomic E-state index is 10.6. The van der Waals surface area contributed by atoms with Gasteiger partial charge in [-0.2, -0.15) is 0 Å². The van der Waals surface area contributed by atoms with Crippen molar-refractivity contribution in [2.45, 2.75) is 79.5 Å². The molecule has 1 fully saturated rings. The molecule has 0 aromatic carbocycles. The fourth-order valence-electron chi connectivity index (χ4n) is 2.82. The summed E-state index contributed by atoms with van der Waals surface area (Å²) in [5, 5.41) is 140. The minimum absolute atomic E-state index is 0. The first-order chi connectivity index (χ1) is 17.1. The van der Waals surface area contributed by atoms with Crippen molar-refractivity contribution >= 4 is 49.7 Å². The van der Waals surface area contributed by atoms with Crippen molar-refractivity contribution in [3.8, 4) is 0 Å². The predicted octanol–water partition coefficient (Wildman–Crippen LogP) is -12.2. The summed E-state index contributed by atoms with van der Waals surface area (Å²) in [6.07, 6.45) is -25.3. The number of ether oxygens (including phenoxy) is 2. The molecule has 0 aromatic heterocycles. The number of carbonyl (C=O) groups excluding carboxylic acids is 2. The fourth-order valence-corrected chi connectivity index (χ4v) is 2.82. The van der Waals surface area contributed by atoms with E-state index in [2.05, 4.69) is 0 Å². The van der Waals surface area contributed by atoms with Gasteiger partial charge in [0.05, 0.1) is 31.8 Å². The first kappa shape index (κ1) is 39.7. The van der Waals surface area contributed by atoms with E-state index in [9.17, 15) is 50.4 Å². The van der Waals surface area contributed by atoms with Gasteiger partial charge in [-0.3, -0.25) is 0 Å². The topological polar surface area (TPSA) is 362 Å². The van der Waals surface area contributed by atoms with Crippen LogP contribution in [0.25, 0.3) is 0 Å². The molecule has 0 amide bonds. The van der Waals surface area contributed by atoms with Crippen molar-refractivity contribution in [1.29, 1.82) is 0 Å². The van der Waals surface area contributed by atoms with E-state index in [1.807, 2.05) is 0 Å². The third kappa shape index (κ3) is 11.2. The molecular weight excluding hydrogens is 560 g/mol. The van der Waals surface area contributed by atoms with Crippen LogP contribution < -0.4 is 10.2 Å². The molecule has 0 bridgehead atoms. The maximum absolute atomic E-state index is 10.6. The summed E-state index contributed by atoms with van der Waals surface area (Å²) in [6.45, 7) is -2.65. The van der Waals surface area contributed by atoms with E-state index in [1.165, 1.54) is 0 Å². The Bertz CT molecular complexity index is 684. The SMILES string of the molecule is O=C([O-])C(O)C(O)C(O)C(O)CO.O=C([O-])C(O)C(O)C(O[C@@H]1O[C@H](CO)[C@H](O)[C@H](O)[C@H]1O)C(O)CO.[Ca+2]. The van der Waals surface area contributed by atoms with E-state index in [-0.39, 0.29) is 37.7 Å². The van der Waals surface area contributed by atoms with Crippen molar-refractivity contribution in [2.24, 2.45) is 0 Å². The number of aliphatic hydroxyl groups is 13. The number of hydrogen-bond acceptors (Lipinski definition) is 19. The minimum Gasteiger partial charge on any atom is -0.547 e. The standard InChI is InChI=1S/C12H22O12.C6H12O7.Ca/c13-1-3(15)10(7(18)8(19)11(21)22)24-12-9(20)6(17)5(16)4(2-14)23-12;7-1-2(8)3(9)4(10)5(11)6(12)13;/h3-10,12-20H,1-2H2,(H,21,22);2-5,7-11H,1H2,(H,12,13);/q;;+2/p-2/t3?,4-,5+,6+,7?,8?,9-,10?,12+;;/m1../s1. The Hall–Kier alpha value is -0.400. The van der Waals surface area contributed by atoms with Crippen LogP contribution in [-0.4, -0.2) is 215 Å². The van der Waals surface area contributed by atoms with Crippen LogP contribution >= 0.6 is 0 Å². The molecule has 1 saturated heterocycles. The third-order valence-corrected chi connectivity index (χ3v) is 5.10. The second-order valence-corrected chi connectivity index (χ2v) is 7.80. The van der Waals surface area contributed by atoms with E-state index in [1.54, 1.807) is 0 Å². The fraction of sp³-hybridized carbons (Fsp3) is 0.889. The van der Waals surface area contributed by atoms with Crippen molar-refractivity contribution in [3.05, 3.63) is 0 Å². The van der Waals surface area contributed by atoms with E-state index in [4.69, 9.17) is 45.2 Å². The van der Waals surface area contributed by atoms with Crippen molar-refractivity contribution in [1.82, 2.24) is 0 Å². The van der Waals surface area contributed by atoms with Crippen LogP contribution in [0.5, 0.6) is 0 Å². The van der Waals surface area contributed by atoms with Gasteiger partial charge in [0.25, 0.3) is 0 Å². The van der Waals surface area contributed by atoms with Gasteiger partial charge in [-0.25, -0.2) is 0 Å². The molecule has 1 aliphatic heterocycles. The smallest absolute Gasteiger partial charge is 0.547 e. The van der Waals surface area contributed by atoms with E-state index in [0.717, 1.165) is 0 Å². The summed E-state index contributed by atoms with van der Waals surface area (Å²) < 4.78 is 9.94. The normalized spacial score (nSPS) is 29.7. The Morgan fingerprint density at radius 2 is 1.16 bits per heavy atom. The monoisotopic (exact) mass is 592 g/mol. The van der Waals surface area contributed by atoms with E-state index >= 15 is 0 Å². The molecule has 19 nitrogen and oxygen atoms in total. The molecular formula is C18H32CaO19. The van der Waals surface area contributed by atoms with Gasteiger partial charge >= 0.3 is 37.7 Å². The zero-order valence-corrected chi connectivity index (χ0v) is 21.8. The molecule has 0 radical (unpaired) electrons. The van der Waals surface area contributed by atoms with Gasteiger partial charge in [-0.15, -0.1) is 0 Å². The van der Waals surface area contributed by atoms with Gasteiger partial charge in [0.1, 0.15) is 73.2 Å². The Balaban J connectivity index is 0. The summed E-state index contributed by atoms with van der Waals surface area (Å²) in [7, 11) is 0. The second-order valence-electron chi connectivity index (χ2n) is 7.80. The Kier molecular flexibility index (Phi) is 19.7. The summed E-state index contributed by atoms with van der Waals surface area (Å²) >= 11 is 0. The summed E-state index contributed by atoms with van der Waals surface area (Å²) in [6, 6.07) is 0.